The summed E-state index contributed by atoms with van der Waals surface area (Å²) in [6, 6.07) is 10.3. The normalized spacial score (nSPS) is 15.1. The van der Waals surface area contributed by atoms with Crippen molar-refractivity contribution in [3.05, 3.63) is 53.0 Å². The number of anilines is 1. The van der Waals surface area contributed by atoms with E-state index in [4.69, 9.17) is 4.74 Å². The first-order valence-corrected chi connectivity index (χ1v) is 7.36. The van der Waals surface area contributed by atoms with Crippen molar-refractivity contribution < 1.29 is 4.74 Å². The largest absolute Gasteiger partial charge is 0.370 e. The van der Waals surface area contributed by atoms with Gasteiger partial charge in [0.15, 0.2) is 0 Å². The molecule has 2 aromatic rings. The van der Waals surface area contributed by atoms with Crippen molar-refractivity contribution >= 4 is 5.82 Å². The molecule has 1 aromatic carbocycles. The van der Waals surface area contributed by atoms with Gasteiger partial charge in [-0.25, -0.2) is 9.97 Å². The molecule has 0 aliphatic carbocycles. The van der Waals surface area contributed by atoms with Crippen molar-refractivity contribution in [2.45, 2.75) is 33.5 Å². The van der Waals surface area contributed by atoms with E-state index in [1.54, 1.807) is 0 Å². The van der Waals surface area contributed by atoms with Crippen LogP contribution in [-0.4, -0.2) is 29.2 Å². The molecule has 21 heavy (non-hydrogen) atoms. The average molecular weight is 283 g/mol. The van der Waals surface area contributed by atoms with E-state index in [9.17, 15) is 0 Å². The summed E-state index contributed by atoms with van der Waals surface area (Å²) in [4.78, 5) is 11.2. The molecule has 1 aliphatic rings. The molecular formula is C17H21N3O. The molecule has 3 rings (SSSR count). The van der Waals surface area contributed by atoms with Gasteiger partial charge >= 0.3 is 0 Å². The second-order valence-electron chi connectivity index (χ2n) is 5.63. The Hall–Kier alpha value is -1.94. The first kappa shape index (κ1) is 14.0. The fraction of sp³-hybridized carbons (Fsp3) is 0.412. The molecule has 0 saturated carbocycles. The number of nitrogens with zero attached hydrogens (tertiary/aromatic N) is 3. The summed E-state index contributed by atoms with van der Waals surface area (Å²) < 4.78 is 5.93. The monoisotopic (exact) mass is 283 g/mol. The van der Waals surface area contributed by atoms with Gasteiger partial charge in [0.2, 0.25) is 0 Å². The number of ether oxygens (including phenoxy) is 1. The van der Waals surface area contributed by atoms with E-state index in [0.29, 0.717) is 12.7 Å². The van der Waals surface area contributed by atoms with Crippen molar-refractivity contribution in [3.63, 3.8) is 0 Å². The Morgan fingerprint density at radius 2 is 1.81 bits per heavy atom. The van der Waals surface area contributed by atoms with Crippen molar-refractivity contribution in [1.29, 1.82) is 0 Å². The van der Waals surface area contributed by atoms with E-state index >= 15 is 0 Å². The third-order valence-corrected chi connectivity index (χ3v) is 3.95. The number of rotatable bonds is 4. The summed E-state index contributed by atoms with van der Waals surface area (Å²) in [6.07, 6.45) is 0.292. The molecule has 4 heteroatoms. The van der Waals surface area contributed by atoms with E-state index in [1.807, 2.05) is 32.0 Å². The summed E-state index contributed by atoms with van der Waals surface area (Å²) in [5.41, 5.74) is 3.45. The third kappa shape index (κ3) is 3.05. The van der Waals surface area contributed by atoms with Crippen LogP contribution in [0.5, 0.6) is 0 Å². The van der Waals surface area contributed by atoms with Gasteiger partial charge in [0.05, 0.1) is 12.7 Å². The third-order valence-electron chi connectivity index (χ3n) is 3.95. The molecule has 1 aromatic heterocycles. The molecule has 1 saturated heterocycles. The molecule has 1 aliphatic heterocycles. The Labute approximate surface area is 125 Å². The highest BCUT2D eigenvalue weighted by Crippen LogP contribution is 2.25. The van der Waals surface area contributed by atoms with Crippen LogP contribution in [0.1, 0.15) is 22.6 Å². The number of hydrogen-bond acceptors (Lipinski definition) is 4. The number of hydrogen-bond donors (Lipinski definition) is 0. The minimum absolute atomic E-state index is 0.292. The van der Waals surface area contributed by atoms with Gasteiger partial charge in [0.25, 0.3) is 0 Å². The van der Waals surface area contributed by atoms with E-state index in [1.165, 1.54) is 11.1 Å². The molecule has 0 bridgehead atoms. The van der Waals surface area contributed by atoms with Crippen molar-refractivity contribution in [2.75, 3.05) is 18.0 Å². The maximum atomic E-state index is 5.93. The lowest BCUT2D eigenvalue weighted by Gasteiger charge is -2.40. The predicted octanol–water partition coefficient (Wildman–Crippen LogP) is 2.81. The van der Waals surface area contributed by atoms with Crippen LogP contribution >= 0.6 is 0 Å². The number of benzene rings is 1. The molecule has 0 atom stereocenters. The Morgan fingerprint density at radius 1 is 1.10 bits per heavy atom. The van der Waals surface area contributed by atoms with Gasteiger partial charge in [-0.15, -0.1) is 0 Å². The fourth-order valence-corrected chi connectivity index (χ4v) is 2.56. The first-order chi connectivity index (χ1) is 10.1. The number of aryl methyl sites for hydroxylation is 2. The van der Waals surface area contributed by atoms with Gasteiger partial charge in [-0.05, 0) is 26.3 Å². The predicted molar refractivity (Wildman–Crippen MR) is 83.5 cm³/mol. The zero-order valence-corrected chi connectivity index (χ0v) is 12.8. The van der Waals surface area contributed by atoms with Gasteiger partial charge in [0, 0.05) is 24.3 Å². The lowest BCUT2D eigenvalue weighted by atomic mass is 10.1. The Balaban J connectivity index is 1.56. The second kappa shape index (κ2) is 5.82. The minimum Gasteiger partial charge on any atom is -0.370 e. The summed E-state index contributed by atoms with van der Waals surface area (Å²) in [5, 5.41) is 0. The van der Waals surface area contributed by atoms with Gasteiger partial charge in [-0.3, -0.25) is 0 Å². The van der Waals surface area contributed by atoms with Gasteiger partial charge in [-0.2, -0.15) is 0 Å². The van der Waals surface area contributed by atoms with Crippen molar-refractivity contribution in [2.24, 2.45) is 0 Å². The standard InChI is InChI=1S/C17H21N3O/c1-12-13(2)18-14(3)19-17(12)20-9-16(10-20)21-11-15-7-5-4-6-8-15/h4-8,16H,9-11H2,1-3H3. The fourth-order valence-electron chi connectivity index (χ4n) is 2.56. The van der Waals surface area contributed by atoms with E-state index in [0.717, 1.165) is 30.4 Å². The summed E-state index contributed by atoms with van der Waals surface area (Å²) >= 11 is 0. The quantitative estimate of drug-likeness (QED) is 0.865. The molecule has 0 N–H and O–H groups in total. The van der Waals surface area contributed by atoms with Crippen LogP contribution < -0.4 is 4.90 Å². The minimum atomic E-state index is 0.292. The number of aromatic nitrogens is 2. The molecule has 0 radical (unpaired) electrons. The van der Waals surface area contributed by atoms with Crippen LogP contribution in [0.25, 0.3) is 0 Å². The van der Waals surface area contributed by atoms with Gasteiger partial charge < -0.3 is 9.64 Å². The van der Waals surface area contributed by atoms with Crippen LogP contribution in [0, 0.1) is 20.8 Å². The lowest BCUT2D eigenvalue weighted by molar-refractivity contribution is 0.0220. The lowest BCUT2D eigenvalue weighted by Crippen LogP contribution is -2.53. The van der Waals surface area contributed by atoms with Gasteiger partial charge in [0.1, 0.15) is 11.6 Å². The van der Waals surface area contributed by atoms with Gasteiger partial charge in [-0.1, -0.05) is 30.3 Å². The summed E-state index contributed by atoms with van der Waals surface area (Å²) in [5.74, 6) is 1.89. The highest BCUT2D eigenvalue weighted by Gasteiger charge is 2.30. The average Bonchev–Trinajstić information content (AvgIpc) is 2.43. The molecule has 0 unspecified atom stereocenters. The van der Waals surface area contributed by atoms with Crippen LogP contribution in [0.4, 0.5) is 5.82 Å². The first-order valence-electron chi connectivity index (χ1n) is 7.36. The van der Waals surface area contributed by atoms with E-state index in [2.05, 4.69) is 33.9 Å². The Bertz CT molecular complexity index is 621. The molecule has 2 heterocycles. The van der Waals surface area contributed by atoms with E-state index < -0.39 is 0 Å². The zero-order chi connectivity index (χ0) is 14.8. The Morgan fingerprint density at radius 3 is 2.52 bits per heavy atom. The highest BCUT2D eigenvalue weighted by molar-refractivity contribution is 5.50. The van der Waals surface area contributed by atoms with Crippen LogP contribution in [0.3, 0.4) is 0 Å². The summed E-state index contributed by atoms with van der Waals surface area (Å²) in [6.45, 7) is 8.56. The smallest absolute Gasteiger partial charge is 0.135 e. The topological polar surface area (TPSA) is 38.2 Å². The zero-order valence-electron chi connectivity index (χ0n) is 12.8. The van der Waals surface area contributed by atoms with Crippen LogP contribution in [0.2, 0.25) is 0 Å². The molecule has 0 amide bonds. The maximum absolute atomic E-state index is 5.93. The second-order valence-corrected chi connectivity index (χ2v) is 5.63. The van der Waals surface area contributed by atoms with Crippen LogP contribution in [-0.2, 0) is 11.3 Å². The SMILES string of the molecule is Cc1nc(C)c(C)c(N2CC(OCc3ccccc3)C2)n1. The summed E-state index contributed by atoms with van der Waals surface area (Å²) in [7, 11) is 0. The van der Waals surface area contributed by atoms with Crippen LogP contribution in [0.15, 0.2) is 30.3 Å². The van der Waals surface area contributed by atoms with Crippen molar-refractivity contribution in [1.82, 2.24) is 9.97 Å². The van der Waals surface area contributed by atoms with Crippen molar-refractivity contribution in [3.8, 4) is 0 Å². The molecule has 4 nitrogen and oxygen atoms in total. The molecular weight excluding hydrogens is 262 g/mol. The molecule has 110 valence electrons. The Kier molecular flexibility index (Phi) is 3.88. The molecule has 0 spiro atoms. The highest BCUT2D eigenvalue weighted by atomic mass is 16.5. The maximum Gasteiger partial charge on any atom is 0.135 e. The molecule has 1 fully saturated rings. The van der Waals surface area contributed by atoms with E-state index in [-0.39, 0.29) is 0 Å².